The van der Waals surface area contributed by atoms with Gasteiger partial charge in [-0.05, 0) is 13.8 Å². The lowest BCUT2D eigenvalue weighted by Crippen LogP contribution is -2.16. The second kappa shape index (κ2) is 5.89. The molecule has 0 atom stereocenters. The lowest BCUT2D eigenvalue weighted by molar-refractivity contribution is -0.105. The molecule has 2 nitrogen and oxygen atoms in total. The summed E-state index contributed by atoms with van der Waals surface area (Å²) in [6.07, 6.45) is -0.296. The van der Waals surface area contributed by atoms with Gasteiger partial charge in [0.25, 0.3) is 0 Å². The van der Waals surface area contributed by atoms with Crippen LogP contribution in [0.5, 0.6) is 0 Å². The van der Waals surface area contributed by atoms with E-state index in [1.54, 1.807) is 0 Å². The molecule has 0 rings (SSSR count). The molecule has 0 unspecified atom stereocenters. The third-order valence-electron chi connectivity index (χ3n) is 0.892. The highest BCUT2D eigenvalue weighted by Gasteiger charge is 2.08. The van der Waals surface area contributed by atoms with Gasteiger partial charge in [-0.2, -0.15) is 0 Å². The van der Waals surface area contributed by atoms with Crippen LogP contribution >= 0.6 is 15.9 Å². The van der Waals surface area contributed by atoms with E-state index in [2.05, 4.69) is 22.5 Å². The van der Waals surface area contributed by atoms with Crippen molar-refractivity contribution in [2.24, 2.45) is 0 Å². The van der Waals surface area contributed by atoms with Gasteiger partial charge in [-0.15, -0.1) is 0 Å². The summed E-state index contributed by atoms with van der Waals surface area (Å²) in [6.45, 7) is 8.76. The van der Waals surface area contributed by atoms with Crippen LogP contribution in [-0.4, -0.2) is 19.5 Å². The first-order valence-electron chi connectivity index (χ1n) is 3.29. The summed E-state index contributed by atoms with van der Waals surface area (Å²) in [4.78, 5) is 0. The molecular formula is C7H13BrO2. The Labute approximate surface area is 70.3 Å². The molecule has 0 radical (unpaired) electrons. The maximum absolute atomic E-state index is 5.18. The van der Waals surface area contributed by atoms with Crippen LogP contribution in [0.15, 0.2) is 11.1 Å². The number of hydrogen-bond donors (Lipinski definition) is 0. The lowest BCUT2D eigenvalue weighted by Gasteiger charge is -2.14. The van der Waals surface area contributed by atoms with E-state index in [1.165, 1.54) is 0 Å². The van der Waals surface area contributed by atoms with Gasteiger partial charge in [-0.3, -0.25) is 0 Å². The number of ether oxygens (including phenoxy) is 2. The zero-order valence-corrected chi connectivity index (χ0v) is 7.98. The van der Waals surface area contributed by atoms with Crippen LogP contribution in [0, 0.1) is 0 Å². The zero-order chi connectivity index (χ0) is 7.98. The maximum Gasteiger partial charge on any atom is 0.189 e. The predicted molar refractivity (Wildman–Crippen MR) is 45.1 cm³/mol. The molecule has 10 heavy (non-hydrogen) atoms. The van der Waals surface area contributed by atoms with Gasteiger partial charge >= 0.3 is 0 Å². The standard InChI is InChI=1S/C7H13BrO2/c1-4-9-7(6(3)8)10-5-2/h7H,3-5H2,1-2H3. The van der Waals surface area contributed by atoms with Gasteiger partial charge < -0.3 is 9.47 Å². The van der Waals surface area contributed by atoms with Gasteiger partial charge in [0.05, 0.1) is 0 Å². The minimum Gasteiger partial charge on any atom is -0.348 e. The van der Waals surface area contributed by atoms with Crippen molar-refractivity contribution in [1.29, 1.82) is 0 Å². The smallest absolute Gasteiger partial charge is 0.189 e. The summed E-state index contributed by atoms with van der Waals surface area (Å²) in [5.41, 5.74) is 0. The summed E-state index contributed by atoms with van der Waals surface area (Å²) < 4.78 is 11.1. The van der Waals surface area contributed by atoms with Crippen LogP contribution in [-0.2, 0) is 9.47 Å². The Kier molecular flexibility index (Phi) is 5.97. The molecule has 0 fully saturated rings. The quantitative estimate of drug-likeness (QED) is 0.646. The summed E-state index contributed by atoms with van der Waals surface area (Å²) in [7, 11) is 0. The van der Waals surface area contributed by atoms with Gasteiger partial charge in [-0.1, -0.05) is 22.5 Å². The van der Waals surface area contributed by atoms with Crippen molar-refractivity contribution in [3.05, 3.63) is 11.1 Å². The molecule has 0 saturated heterocycles. The molecule has 60 valence electrons. The van der Waals surface area contributed by atoms with Crippen LogP contribution in [0.2, 0.25) is 0 Å². The van der Waals surface area contributed by atoms with Gasteiger partial charge in [-0.25, -0.2) is 0 Å². The Hall–Kier alpha value is 0.140. The second-order valence-electron chi connectivity index (χ2n) is 1.69. The van der Waals surface area contributed by atoms with E-state index < -0.39 is 0 Å². The highest BCUT2D eigenvalue weighted by molar-refractivity contribution is 9.11. The molecule has 0 amide bonds. The molecule has 0 heterocycles. The van der Waals surface area contributed by atoms with Crippen molar-refractivity contribution >= 4 is 15.9 Å². The van der Waals surface area contributed by atoms with Crippen molar-refractivity contribution in [1.82, 2.24) is 0 Å². The molecule has 3 heteroatoms. The molecule has 0 spiro atoms. The van der Waals surface area contributed by atoms with Crippen LogP contribution in [0.1, 0.15) is 13.8 Å². The average molecular weight is 209 g/mol. The fourth-order valence-electron chi connectivity index (χ4n) is 0.532. The fourth-order valence-corrected chi connectivity index (χ4v) is 0.796. The predicted octanol–water partition coefficient (Wildman–Crippen LogP) is 2.29. The molecule has 0 aliphatic rings. The molecule has 0 aliphatic carbocycles. The normalized spacial score (nSPS) is 10.4. The zero-order valence-electron chi connectivity index (χ0n) is 6.39. The van der Waals surface area contributed by atoms with E-state index in [0.29, 0.717) is 13.2 Å². The highest BCUT2D eigenvalue weighted by atomic mass is 79.9. The van der Waals surface area contributed by atoms with Crippen LogP contribution in [0.3, 0.4) is 0 Å². The number of halogens is 1. The van der Waals surface area contributed by atoms with Crippen LogP contribution in [0.25, 0.3) is 0 Å². The van der Waals surface area contributed by atoms with E-state index in [9.17, 15) is 0 Å². The van der Waals surface area contributed by atoms with Gasteiger partial charge in [0.15, 0.2) is 6.29 Å². The fraction of sp³-hybridized carbons (Fsp3) is 0.714. The summed E-state index contributed by atoms with van der Waals surface area (Å²) in [5, 5.41) is 0. The molecule has 0 N–H and O–H groups in total. The van der Waals surface area contributed by atoms with Gasteiger partial charge in [0, 0.05) is 17.7 Å². The second-order valence-corrected chi connectivity index (χ2v) is 2.71. The van der Waals surface area contributed by atoms with Crippen molar-refractivity contribution in [2.75, 3.05) is 13.2 Å². The van der Waals surface area contributed by atoms with Crippen LogP contribution in [0.4, 0.5) is 0 Å². The van der Waals surface area contributed by atoms with E-state index >= 15 is 0 Å². The highest BCUT2D eigenvalue weighted by Crippen LogP contribution is 2.12. The molecule has 0 bridgehead atoms. The first-order chi connectivity index (χ1) is 4.72. The van der Waals surface area contributed by atoms with E-state index in [1.807, 2.05) is 13.8 Å². The van der Waals surface area contributed by atoms with Crippen molar-refractivity contribution in [3.8, 4) is 0 Å². The summed E-state index contributed by atoms with van der Waals surface area (Å²) in [5.74, 6) is 0. The first-order valence-corrected chi connectivity index (χ1v) is 4.09. The Balaban J connectivity index is 3.61. The third kappa shape index (κ3) is 4.04. The monoisotopic (exact) mass is 208 g/mol. The SMILES string of the molecule is C=C(Br)C(OCC)OCC. The maximum atomic E-state index is 5.18. The minimum absolute atomic E-state index is 0.296. The van der Waals surface area contributed by atoms with Crippen molar-refractivity contribution in [2.45, 2.75) is 20.1 Å². The average Bonchev–Trinajstić information content (AvgIpc) is 1.87. The Bertz CT molecular complexity index is 97.8. The molecule has 0 aromatic rings. The van der Waals surface area contributed by atoms with Gasteiger partial charge in [0.1, 0.15) is 0 Å². The Morgan fingerprint density at radius 2 is 1.80 bits per heavy atom. The topological polar surface area (TPSA) is 18.5 Å². The first kappa shape index (κ1) is 10.1. The molecule has 0 aromatic heterocycles. The molecular weight excluding hydrogens is 196 g/mol. The Morgan fingerprint density at radius 1 is 1.40 bits per heavy atom. The van der Waals surface area contributed by atoms with E-state index in [0.717, 1.165) is 4.48 Å². The van der Waals surface area contributed by atoms with E-state index in [-0.39, 0.29) is 6.29 Å². The summed E-state index contributed by atoms with van der Waals surface area (Å²) in [6, 6.07) is 0. The minimum atomic E-state index is -0.296. The van der Waals surface area contributed by atoms with Crippen molar-refractivity contribution in [3.63, 3.8) is 0 Å². The van der Waals surface area contributed by atoms with E-state index in [4.69, 9.17) is 9.47 Å². The molecule has 0 aliphatic heterocycles. The largest absolute Gasteiger partial charge is 0.348 e. The Morgan fingerprint density at radius 3 is 2.00 bits per heavy atom. The number of hydrogen-bond acceptors (Lipinski definition) is 2. The van der Waals surface area contributed by atoms with Crippen LogP contribution < -0.4 is 0 Å². The third-order valence-corrected chi connectivity index (χ3v) is 1.27. The molecule has 0 aromatic carbocycles. The number of rotatable bonds is 5. The van der Waals surface area contributed by atoms with Gasteiger partial charge in [0.2, 0.25) is 0 Å². The summed E-state index contributed by atoms with van der Waals surface area (Å²) >= 11 is 3.20. The molecule has 0 saturated carbocycles. The lowest BCUT2D eigenvalue weighted by atomic mass is 10.6. The van der Waals surface area contributed by atoms with Crippen molar-refractivity contribution < 1.29 is 9.47 Å².